The molecule has 1 amide bonds. The molecule has 2 aromatic rings. The third kappa shape index (κ3) is 5.18. The number of likely N-dealkylation sites (tertiary alicyclic amines) is 1. The van der Waals surface area contributed by atoms with E-state index in [1.54, 1.807) is 11.1 Å². The van der Waals surface area contributed by atoms with Gasteiger partial charge in [0, 0.05) is 31.7 Å². The number of anilines is 1. The fourth-order valence-corrected chi connectivity index (χ4v) is 2.92. The number of nitrogens with zero attached hydrogens (tertiary/aromatic N) is 3. The molecule has 0 spiro atoms. The number of hydrogen-bond acceptors (Lipinski definition) is 5. The predicted octanol–water partition coefficient (Wildman–Crippen LogP) is 3.49. The first-order valence-corrected chi connectivity index (χ1v) is 8.99. The highest BCUT2D eigenvalue weighted by atomic mass is 16.6. The molecule has 1 saturated heterocycles. The maximum Gasteiger partial charge on any atom is 0.410 e. The minimum Gasteiger partial charge on any atom is -0.444 e. The normalized spacial score (nSPS) is 17.2. The molecule has 1 N–H and O–H groups in total. The van der Waals surface area contributed by atoms with Gasteiger partial charge in [-0.3, -0.25) is 0 Å². The summed E-state index contributed by atoms with van der Waals surface area (Å²) in [6, 6.07) is 12.2. The van der Waals surface area contributed by atoms with E-state index in [9.17, 15) is 4.79 Å². The average Bonchev–Trinajstić information content (AvgIpc) is 3.03. The molecule has 6 nitrogen and oxygen atoms in total. The van der Waals surface area contributed by atoms with Crippen LogP contribution in [0.1, 0.15) is 38.6 Å². The molecule has 1 atom stereocenters. The number of amides is 1. The number of rotatable bonds is 4. The lowest BCUT2D eigenvalue weighted by Crippen LogP contribution is -2.36. The van der Waals surface area contributed by atoms with Gasteiger partial charge in [0.15, 0.2) is 0 Å². The first kappa shape index (κ1) is 18.2. The van der Waals surface area contributed by atoms with Crippen molar-refractivity contribution in [2.75, 3.05) is 18.4 Å². The summed E-state index contributed by atoms with van der Waals surface area (Å²) in [6.07, 6.45) is 3.09. The molecule has 2 heterocycles. The van der Waals surface area contributed by atoms with Crippen molar-refractivity contribution in [3.63, 3.8) is 0 Å². The highest BCUT2D eigenvalue weighted by Gasteiger charge is 2.29. The Labute approximate surface area is 154 Å². The van der Waals surface area contributed by atoms with E-state index in [1.807, 2.05) is 45.0 Å². The summed E-state index contributed by atoms with van der Waals surface area (Å²) in [5, 5.41) is 3.41. The number of ether oxygens (including phenoxy) is 1. The summed E-state index contributed by atoms with van der Waals surface area (Å²) in [5.74, 6) is 1.57. The minimum atomic E-state index is -0.471. The zero-order valence-corrected chi connectivity index (χ0v) is 15.6. The van der Waals surface area contributed by atoms with E-state index in [0.29, 0.717) is 19.5 Å². The zero-order valence-electron chi connectivity index (χ0n) is 15.6. The van der Waals surface area contributed by atoms with Crippen LogP contribution < -0.4 is 5.32 Å². The highest BCUT2D eigenvalue weighted by Crippen LogP contribution is 2.18. The number of benzene rings is 1. The molecular formula is C20H26N4O2. The first-order valence-electron chi connectivity index (χ1n) is 8.99. The van der Waals surface area contributed by atoms with E-state index in [1.165, 1.54) is 5.56 Å². The molecular weight excluding hydrogens is 328 g/mol. The summed E-state index contributed by atoms with van der Waals surface area (Å²) in [5.41, 5.74) is 0.711. The summed E-state index contributed by atoms with van der Waals surface area (Å²) >= 11 is 0. The van der Waals surface area contributed by atoms with Crippen molar-refractivity contribution in [3.8, 4) is 0 Å². The molecule has 3 rings (SSSR count). The zero-order chi connectivity index (χ0) is 18.6. The highest BCUT2D eigenvalue weighted by molar-refractivity contribution is 5.68. The van der Waals surface area contributed by atoms with Gasteiger partial charge in [-0.05, 0) is 38.8 Å². The lowest BCUT2D eigenvalue weighted by atomic mass is 10.1. The molecule has 1 fully saturated rings. The largest absolute Gasteiger partial charge is 0.444 e. The van der Waals surface area contributed by atoms with Gasteiger partial charge < -0.3 is 15.0 Å². The summed E-state index contributed by atoms with van der Waals surface area (Å²) < 4.78 is 5.44. The molecule has 0 radical (unpaired) electrons. The van der Waals surface area contributed by atoms with Gasteiger partial charge in [-0.15, -0.1) is 0 Å². The van der Waals surface area contributed by atoms with Crippen molar-refractivity contribution in [1.82, 2.24) is 14.9 Å². The van der Waals surface area contributed by atoms with Crippen molar-refractivity contribution in [1.29, 1.82) is 0 Å². The fourth-order valence-electron chi connectivity index (χ4n) is 2.92. The van der Waals surface area contributed by atoms with Gasteiger partial charge >= 0.3 is 6.09 Å². The third-order valence-corrected chi connectivity index (χ3v) is 4.10. The van der Waals surface area contributed by atoms with Crippen molar-refractivity contribution < 1.29 is 9.53 Å². The lowest BCUT2D eigenvalue weighted by Gasteiger charge is -2.24. The Kier molecular flexibility index (Phi) is 5.40. The SMILES string of the molecule is CC(C)(C)OC(=O)N1CCC(Nc2ccnc(Cc3ccccc3)n2)C1. The van der Waals surface area contributed by atoms with Gasteiger partial charge in [0.05, 0.1) is 0 Å². The quantitative estimate of drug-likeness (QED) is 0.910. The van der Waals surface area contributed by atoms with Crippen LogP contribution in [0, 0.1) is 0 Å². The Hall–Kier alpha value is -2.63. The van der Waals surface area contributed by atoms with Crippen LogP contribution in [0.3, 0.4) is 0 Å². The van der Waals surface area contributed by atoms with Crippen LogP contribution in [0.25, 0.3) is 0 Å². The van der Waals surface area contributed by atoms with E-state index in [2.05, 4.69) is 27.4 Å². The van der Waals surface area contributed by atoms with Crippen molar-refractivity contribution in [2.24, 2.45) is 0 Å². The molecule has 1 aromatic heterocycles. The smallest absolute Gasteiger partial charge is 0.410 e. The predicted molar refractivity (Wildman–Crippen MR) is 101 cm³/mol. The topological polar surface area (TPSA) is 67.3 Å². The average molecular weight is 354 g/mol. The number of hydrogen-bond donors (Lipinski definition) is 1. The van der Waals surface area contributed by atoms with Crippen molar-refractivity contribution in [3.05, 3.63) is 54.0 Å². The Morgan fingerprint density at radius 2 is 2.04 bits per heavy atom. The monoisotopic (exact) mass is 354 g/mol. The Morgan fingerprint density at radius 3 is 2.77 bits per heavy atom. The number of nitrogens with one attached hydrogen (secondary N) is 1. The van der Waals surface area contributed by atoms with Gasteiger partial charge in [0.25, 0.3) is 0 Å². The molecule has 138 valence electrons. The number of aromatic nitrogens is 2. The van der Waals surface area contributed by atoms with Gasteiger partial charge in [-0.1, -0.05) is 30.3 Å². The van der Waals surface area contributed by atoms with Crippen molar-refractivity contribution >= 4 is 11.9 Å². The first-order chi connectivity index (χ1) is 12.4. The van der Waals surface area contributed by atoms with E-state index in [0.717, 1.165) is 18.1 Å². The maximum atomic E-state index is 12.2. The van der Waals surface area contributed by atoms with Crippen LogP contribution in [0.5, 0.6) is 0 Å². The molecule has 26 heavy (non-hydrogen) atoms. The molecule has 1 unspecified atom stereocenters. The number of carbonyl (C=O) groups excluding carboxylic acids is 1. The summed E-state index contributed by atoms with van der Waals surface area (Å²) in [4.78, 5) is 22.9. The molecule has 0 aliphatic carbocycles. The van der Waals surface area contributed by atoms with Crippen LogP contribution in [0.4, 0.5) is 10.6 Å². The Bertz CT molecular complexity index is 743. The molecule has 0 saturated carbocycles. The molecule has 1 aliphatic rings. The Morgan fingerprint density at radius 1 is 1.27 bits per heavy atom. The standard InChI is InChI=1S/C20H26N4O2/c1-20(2,3)26-19(25)24-12-10-16(14-24)22-17-9-11-21-18(23-17)13-15-7-5-4-6-8-15/h4-9,11,16H,10,12-14H2,1-3H3,(H,21,22,23). The third-order valence-electron chi connectivity index (χ3n) is 4.10. The van der Waals surface area contributed by atoms with E-state index in [4.69, 9.17) is 4.74 Å². The van der Waals surface area contributed by atoms with Gasteiger partial charge in [0.2, 0.25) is 0 Å². The summed E-state index contributed by atoms with van der Waals surface area (Å²) in [6.45, 7) is 6.95. The van der Waals surface area contributed by atoms with Crippen molar-refractivity contribution in [2.45, 2.75) is 45.3 Å². The second kappa shape index (κ2) is 7.72. The van der Waals surface area contributed by atoms with Crippen LogP contribution >= 0.6 is 0 Å². The van der Waals surface area contributed by atoms with E-state index >= 15 is 0 Å². The minimum absolute atomic E-state index is 0.169. The van der Waals surface area contributed by atoms with E-state index in [-0.39, 0.29) is 12.1 Å². The Balaban J connectivity index is 1.56. The van der Waals surface area contributed by atoms with Crippen LogP contribution in [-0.2, 0) is 11.2 Å². The van der Waals surface area contributed by atoms with Gasteiger partial charge in [-0.25, -0.2) is 14.8 Å². The van der Waals surface area contributed by atoms with Gasteiger partial charge in [-0.2, -0.15) is 0 Å². The van der Waals surface area contributed by atoms with Crippen LogP contribution in [-0.4, -0.2) is 45.7 Å². The maximum absolute atomic E-state index is 12.2. The summed E-state index contributed by atoms with van der Waals surface area (Å²) in [7, 11) is 0. The second-order valence-corrected chi connectivity index (χ2v) is 7.58. The van der Waals surface area contributed by atoms with Crippen LogP contribution in [0.2, 0.25) is 0 Å². The molecule has 0 bridgehead atoms. The van der Waals surface area contributed by atoms with Crippen LogP contribution in [0.15, 0.2) is 42.6 Å². The lowest BCUT2D eigenvalue weighted by molar-refractivity contribution is 0.0293. The fraction of sp³-hybridized carbons (Fsp3) is 0.450. The second-order valence-electron chi connectivity index (χ2n) is 7.58. The van der Waals surface area contributed by atoms with E-state index < -0.39 is 5.60 Å². The number of carbonyl (C=O) groups is 1. The molecule has 1 aliphatic heterocycles. The molecule has 6 heteroatoms. The molecule has 1 aromatic carbocycles. The van der Waals surface area contributed by atoms with Gasteiger partial charge in [0.1, 0.15) is 17.2 Å².